The summed E-state index contributed by atoms with van der Waals surface area (Å²) in [6, 6.07) is 0. The zero-order chi connectivity index (χ0) is 10.7. The van der Waals surface area contributed by atoms with Crippen molar-refractivity contribution in [1.29, 1.82) is 0 Å². The molecule has 5 heteroatoms. The minimum atomic E-state index is 0.253. The molecule has 0 amide bonds. The van der Waals surface area contributed by atoms with E-state index < -0.39 is 0 Å². The summed E-state index contributed by atoms with van der Waals surface area (Å²) in [5.41, 5.74) is 0. The van der Waals surface area contributed by atoms with E-state index in [4.69, 9.17) is 11.6 Å². The number of rotatable bonds is 6. The second kappa shape index (κ2) is 5.12. The molecule has 1 atom stereocenters. The highest BCUT2D eigenvalue weighted by atomic mass is 35.5. The molecule has 1 aromatic rings. The zero-order valence-electron chi connectivity index (χ0n) is 8.87. The largest absolute Gasteiger partial charge is 0.359 e. The van der Waals surface area contributed by atoms with E-state index in [0.717, 1.165) is 36.3 Å². The molecule has 1 saturated carbocycles. The molecule has 3 nitrogen and oxygen atoms in total. The number of aromatic nitrogens is 2. The smallest absolute Gasteiger partial charge is 0.202 e. The Balaban J connectivity index is 1.76. The van der Waals surface area contributed by atoms with Gasteiger partial charge >= 0.3 is 0 Å². The van der Waals surface area contributed by atoms with E-state index >= 15 is 0 Å². The minimum absolute atomic E-state index is 0.253. The van der Waals surface area contributed by atoms with Gasteiger partial charge in [-0.05, 0) is 25.2 Å². The number of alkyl halides is 1. The number of nitrogens with zero attached hydrogens (tertiary/aromatic N) is 2. The van der Waals surface area contributed by atoms with Crippen molar-refractivity contribution in [1.82, 2.24) is 9.36 Å². The molecule has 1 heterocycles. The van der Waals surface area contributed by atoms with Crippen LogP contribution in [-0.2, 0) is 6.42 Å². The van der Waals surface area contributed by atoms with E-state index in [1.54, 1.807) is 0 Å². The van der Waals surface area contributed by atoms with E-state index in [1.807, 2.05) is 0 Å². The fraction of sp³-hybridized carbons (Fsp3) is 0.800. The van der Waals surface area contributed by atoms with Crippen molar-refractivity contribution >= 4 is 28.3 Å². The van der Waals surface area contributed by atoms with Gasteiger partial charge in [-0.2, -0.15) is 4.37 Å². The lowest BCUT2D eigenvalue weighted by atomic mass is 10.3. The Hall–Kier alpha value is -0.350. The van der Waals surface area contributed by atoms with Crippen molar-refractivity contribution in [3.05, 3.63) is 5.82 Å². The molecule has 1 aliphatic carbocycles. The maximum atomic E-state index is 6.19. The molecule has 1 fully saturated rings. The summed E-state index contributed by atoms with van der Waals surface area (Å²) in [4.78, 5) is 4.39. The van der Waals surface area contributed by atoms with Gasteiger partial charge in [0, 0.05) is 24.5 Å². The van der Waals surface area contributed by atoms with Gasteiger partial charge < -0.3 is 5.32 Å². The van der Waals surface area contributed by atoms with E-state index in [1.165, 1.54) is 24.4 Å². The minimum Gasteiger partial charge on any atom is -0.359 e. The standard InChI is InChI=1S/C10H16ClN3S/c1-2-3-9-13-10(15-14-9)12-6-8(11)7-4-5-7/h7-8H,2-6H2,1H3,(H,12,13,14). The van der Waals surface area contributed by atoms with E-state index in [2.05, 4.69) is 21.6 Å². The molecule has 0 aliphatic heterocycles. The van der Waals surface area contributed by atoms with Crippen molar-refractivity contribution < 1.29 is 0 Å². The van der Waals surface area contributed by atoms with Gasteiger partial charge in [0.15, 0.2) is 0 Å². The van der Waals surface area contributed by atoms with Crippen LogP contribution in [-0.4, -0.2) is 21.3 Å². The maximum Gasteiger partial charge on any atom is 0.202 e. The van der Waals surface area contributed by atoms with Crippen molar-refractivity contribution in [2.45, 2.75) is 38.0 Å². The first-order valence-corrected chi connectivity index (χ1v) is 6.71. The number of hydrogen-bond acceptors (Lipinski definition) is 4. The molecule has 1 aromatic heterocycles. The second-order valence-electron chi connectivity index (χ2n) is 4.00. The predicted octanol–water partition coefficient (Wildman–Crippen LogP) is 2.92. The van der Waals surface area contributed by atoms with Crippen LogP contribution >= 0.6 is 23.1 Å². The molecular formula is C10H16ClN3S. The van der Waals surface area contributed by atoms with Gasteiger partial charge in [0.2, 0.25) is 5.13 Å². The monoisotopic (exact) mass is 245 g/mol. The molecule has 0 spiro atoms. The highest BCUT2D eigenvalue weighted by Crippen LogP contribution is 2.35. The Morgan fingerprint density at radius 2 is 2.40 bits per heavy atom. The van der Waals surface area contributed by atoms with Crippen LogP contribution in [0.1, 0.15) is 32.0 Å². The molecule has 0 bridgehead atoms. The van der Waals surface area contributed by atoms with Crippen LogP contribution in [0.2, 0.25) is 0 Å². The van der Waals surface area contributed by atoms with Gasteiger partial charge in [0.1, 0.15) is 5.82 Å². The lowest BCUT2D eigenvalue weighted by Gasteiger charge is -2.07. The molecule has 84 valence electrons. The Morgan fingerprint density at radius 1 is 1.60 bits per heavy atom. The van der Waals surface area contributed by atoms with E-state index in [9.17, 15) is 0 Å². The third-order valence-electron chi connectivity index (χ3n) is 2.52. The Labute approximate surface area is 99.4 Å². The SMILES string of the molecule is CCCc1nsc(NCC(Cl)C2CC2)n1. The van der Waals surface area contributed by atoms with Gasteiger partial charge in [-0.25, -0.2) is 4.98 Å². The quantitative estimate of drug-likeness (QED) is 0.784. The van der Waals surface area contributed by atoms with Crippen molar-refractivity contribution in [3.63, 3.8) is 0 Å². The van der Waals surface area contributed by atoms with Gasteiger partial charge in [-0.1, -0.05) is 6.92 Å². The van der Waals surface area contributed by atoms with Crippen LogP contribution in [0, 0.1) is 5.92 Å². The highest BCUT2D eigenvalue weighted by Gasteiger charge is 2.29. The summed E-state index contributed by atoms with van der Waals surface area (Å²) in [6.45, 7) is 2.95. The second-order valence-corrected chi connectivity index (χ2v) is 5.31. The Bertz CT molecular complexity index is 311. The molecule has 2 rings (SSSR count). The summed E-state index contributed by atoms with van der Waals surface area (Å²) < 4.78 is 4.27. The molecule has 15 heavy (non-hydrogen) atoms. The van der Waals surface area contributed by atoms with Crippen molar-refractivity contribution in [2.75, 3.05) is 11.9 Å². The lowest BCUT2D eigenvalue weighted by Crippen LogP contribution is -2.15. The molecular weight excluding hydrogens is 230 g/mol. The first-order valence-electron chi connectivity index (χ1n) is 5.50. The summed E-state index contributed by atoms with van der Waals surface area (Å²) in [5, 5.41) is 4.42. The van der Waals surface area contributed by atoms with Crippen LogP contribution < -0.4 is 5.32 Å². The maximum absolute atomic E-state index is 6.19. The average molecular weight is 246 g/mol. The summed E-state index contributed by atoms with van der Waals surface area (Å²) in [6.07, 6.45) is 4.63. The third kappa shape index (κ3) is 3.31. The number of halogens is 1. The van der Waals surface area contributed by atoms with Gasteiger partial charge in [0.25, 0.3) is 0 Å². The van der Waals surface area contributed by atoms with Crippen molar-refractivity contribution in [2.24, 2.45) is 5.92 Å². The molecule has 1 aliphatic rings. The zero-order valence-corrected chi connectivity index (χ0v) is 10.4. The van der Waals surface area contributed by atoms with Crippen LogP contribution in [0.25, 0.3) is 0 Å². The summed E-state index contributed by atoms with van der Waals surface area (Å²) >= 11 is 7.62. The molecule has 1 N–H and O–H groups in total. The Kier molecular flexibility index (Phi) is 3.81. The number of hydrogen-bond donors (Lipinski definition) is 1. The summed E-state index contributed by atoms with van der Waals surface area (Å²) in [7, 11) is 0. The molecule has 0 saturated heterocycles. The van der Waals surface area contributed by atoms with Gasteiger partial charge in [-0.3, -0.25) is 0 Å². The van der Waals surface area contributed by atoms with E-state index in [-0.39, 0.29) is 5.38 Å². The van der Waals surface area contributed by atoms with Crippen molar-refractivity contribution in [3.8, 4) is 0 Å². The highest BCUT2D eigenvalue weighted by molar-refractivity contribution is 7.09. The normalized spacial score (nSPS) is 17.7. The molecule has 0 aromatic carbocycles. The van der Waals surface area contributed by atoms with Crippen LogP contribution in [0.3, 0.4) is 0 Å². The van der Waals surface area contributed by atoms with Gasteiger partial charge in [0.05, 0.1) is 5.38 Å². The third-order valence-corrected chi connectivity index (χ3v) is 3.74. The fourth-order valence-corrected chi connectivity index (χ4v) is 2.41. The first kappa shape index (κ1) is 11.1. The fourth-order valence-electron chi connectivity index (χ4n) is 1.46. The number of anilines is 1. The molecule has 0 radical (unpaired) electrons. The average Bonchev–Trinajstić information content (AvgIpc) is 2.98. The first-order chi connectivity index (χ1) is 7.29. The van der Waals surface area contributed by atoms with Crippen LogP contribution in [0.15, 0.2) is 0 Å². The van der Waals surface area contributed by atoms with Crippen LogP contribution in [0.4, 0.5) is 5.13 Å². The topological polar surface area (TPSA) is 37.8 Å². The van der Waals surface area contributed by atoms with Crippen LogP contribution in [0.5, 0.6) is 0 Å². The Morgan fingerprint density at radius 3 is 3.07 bits per heavy atom. The van der Waals surface area contributed by atoms with Gasteiger partial charge in [-0.15, -0.1) is 11.6 Å². The van der Waals surface area contributed by atoms with E-state index in [0.29, 0.717) is 0 Å². The summed E-state index contributed by atoms with van der Waals surface area (Å²) in [5.74, 6) is 1.67. The number of nitrogens with one attached hydrogen (secondary N) is 1. The lowest BCUT2D eigenvalue weighted by molar-refractivity contribution is 0.769. The predicted molar refractivity (Wildman–Crippen MR) is 64.8 cm³/mol. The molecule has 1 unspecified atom stereocenters. The number of aryl methyl sites for hydroxylation is 1.